The fourth-order valence-electron chi connectivity index (χ4n) is 0.961. The van der Waals surface area contributed by atoms with Crippen LogP contribution in [0.4, 0.5) is 0 Å². The van der Waals surface area contributed by atoms with E-state index in [9.17, 15) is 4.79 Å². The maximum atomic E-state index is 10.9. The number of hydrogen-bond donors (Lipinski definition) is 2. The number of aromatic nitrogens is 2. The second-order valence-electron chi connectivity index (χ2n) is 3.62. The first kappa shape index (κ1) is 11.5. The van der Waals surface area contributed by atoms with Crippen LogP contribution in [-0.4, -0.2) is 34.0 Å². The van der Waals surface area contributed by atoms with Gasteiger partial charge in [0.2, 0.25) is 0 Å². The summed E-state index contributed by atoms with van der Waals surface area (Å²) in [6.07, 6.45) is 3.02. The minimum atomic E-state index is -1.08. The normalized spacial score (nSPS) is 11.4. The summed E-state index contributed by atoms with van der Waals surface area (Å²) in [5.74, 6) is -0.425. The van der Waals surface area contributed by atoms with Crippen molar-refractivity contribution in [1.82, 2.24) is 9.78 Å². The first-order chi connectivity index (χ1) is 6.98. The van der Waals surface area contributed by atoms with Crippen molar-refractivity contribution >= 4 is 5.97 Å². The van der Waals surface area contributed by atoms with Gasteiger partial charge < -0.3 is 15.6 Å². The summed E-state index contributed by atoms with van der Waals surface area (Å²) < 4.78 is 6.56. The van der Waals surface area contributed by atoms with Crippen molar-refractivity contribution in [3.63, 3.8) is 0 Å². The van der Waals surface area contributed by atoms with Crippen LogP contribution < -0.4 is 10.5 Å². The minimum absolute atomic E-state index is 0.388. The molecule has 0 radical (unpaired) electrons. The molecular formula is C9H15N3O3. The summed E-state index contributed by atoms with van der Waals surface area (Å²) in [6, 6.07) is 0. The van der Waals surface area contributed by atoms with Crippen LogP contribution in [0.1, 0.15) is 13.8 Å². The number of hydrogen-bond acceptors (Lipinski definition) is 4. The first-order valence-corrected chi connectivity index (χ1v) is 4.60. The molecule has 0 amide bonds. The number of rotatable bonds is 5. The lowest BCUT2D eigenvalue weighted by molar-refractivity contribution is -0.146. The van der Waals surface area contributed by atoms with Gasteiger partial charge in [-0.15, -0.1) is 0 Å². The fraction of sp³-hybridized carbons (Fsp3) is 0.556. The Balaban J connectivity index is 2.79. The largest absolute Gasteiger partial charge is 0.489 e. The molecular weight excluding hydrogens is 198 g/mol. The summed E-state index contributed by atoms with van der Waals surface area (Å²) in [4.78, 5) is 10.9. The van der Waals surface area contributed by atoms with Crippen molar-refractivity contribution in [2.24, 2.45) is 5.73 Å². The Morgan fingerprint density at radius 1 is 1.73 bits per heavy atom. The number of aliphatic carboxylic acids is 1. The predicted molar refractivity (Wildman–Crippen MR) is 53.7 cm³/mol. The standard InChI is InChI=1S/C9H15N3O3/c1-9(2,8(13)14)12-6-7(5-11-12)15-4-3-10/h5-6H,3-4,10H2,1-2H3,(H,13,14). The number of nitrogens with two attached hydrogens (primary N) is 1. The third-order valence-corrected chi connectivity index (χ3v) is 2.04. The van der Waals surface area contributed by atoms with Gasteiger partial charge in [0.1, 0.15) is 6.61 Å². The molecule has 0 aliphatic heterocycles. The maximum absolute atomic E-state index is 10.9. The average molecular weight is 213 g/mol. The number of nitrogens with zero attached hydrogens (tertiary/aromatic N) is 2. The molecule has 0 aliphatic carbocycles. The van der Waals surface area contributed by atoms with Gasteiger partial charge in [0.25, 0.3) is 0 Å². The third kappa shape index (κ3) is 2.47. The molecule has 1 aromatic rings. The summed E-state index contributed by atoms with van der Waals surface area (Å²) in [7, 11) is 0. The van der Waals surface area contributed by atoms with Gasteiger partial charge in [0, 0.05) is 6.54 Å². The number of carboxylic acids is 1. The van der Waals surface area contributed by atoms with Gasteiger partial charge in [-0.2, -0.15) is 5.10 Å². The van der Waals surface area contributed by atoms with E-state index in [1.807, 2.05) is 0 Å². The van der Waals surface area contributed by atoms with E-state index in [2.05, 4.69) is 5.10 Å². The van der Waals surface area contributed by atoms with Crippen LogP contribution in [0.2, 0.25) is 0 Å². The first-order valence-electron chi connectivity index (χ1n) is 4.60. The fourth-order valence-corrected chi connectivity index (χ4v) is 0.961. The molecule has 0 bridgehead atoms. The van der Waals surface area contributed by atoms with Crippen LogP contribution in [0.25, 0.3) is 0 Å². The molecule has 0 aliphatic rings. The number of carbonyl (C=O) groups is 1. The quantitative estimate of drug-likeness (QED) is 0.720. The molecule has 1 aromatic heterocycles. The minimum Gasteiger partial charge on any atom is -0.489 e. The zero-order valence-corrected chi connectivity index (χ0v) is 8.80. The molecule has 0 aromatic carbocycles. The highest BCUT2D eigenvalue weighted by Crippen LogP contribution is 2.18. The number of carboxylic acid groups (broad SMARTS) is 1. The number of ether oxygens (including phenoxy) is 1. The Labute approximate surface area is 87.6 Å². The van der Waals surface area contributed by atoms with E-state index in [1.165, 1.54) is 10.9 Å². The topological polar surface area (TPSA) is 90.4 Å². The SMILES string of the molecule is CC(C)(C(=O)O)n1cc(OCCN)cn1. The second-order valence-corrected chi connectivity index (χ2v) is 3.62. The second kappa shape index (κ2) is 4.31. The van der Waals surface area contributed by atoms with Crippen LogP contribution in [0, 0.1) is 0 Å². The summed E-state index contributed by atoms with van der Waals surface area (Å²) >= 11 is 0. The highest BCUT2D eigenvalue weighted by Gasteiger charge is 2.30. The molecule has 84 valence electrons. The molecule has 6 heteroatoms. The van der Waals surface area contributed by atoms with Crippen LogP contribution in [0.5, 0.6) is 5.75 Å². The zero-order valence-electron chi connectivity index (χ0n) is 8.80. The lowest BCUT2D eigenvalue weighted by atomic mass is 10.1. The molecule has 0 saturated heterocycles. The van der Waals surface area contributed by atoms with Crippen molar-refractivity contribution < 1.29 is 14.6 Å². The molecule has 0 fully saturated rings. The van der Waals surface area contributed by atoms with Gasteiger partial charge in [-0.1, -0.05) is 0 Å². The van der Waals surface area contributed by atoms with E-state index in [0.717, 1.165) is 0 Å². The third-order valence-electron chi connectivity index (χ3n) is 2.04. The Hall–Kier alpha value is -1.56. The van der Waals surface area contributed by atoms with E-state index in [4.69, 9.17) is 15.6 Å². The predicted octanol–water partition coefficient (Wildman–Crippen LogP) is 0.0403. The van der Waals surface area contributed by atoms with Crippen LogP contribution in [0.15, 0.2) is 12.4 Å². The lowest BCUT2D eigenvalue weighted by Gasteiger charge is -2.19. The van der Waals surface area contributed by atoms with Crippen molar-refractivity contribution in [1.29, 1.82) is 0 Å². The molecule has 3 N–H and O–H groups in total. The molecule has 1 rings (SSSR count). The van der Waals surface area contributed by atoms with E-state index in [1.54, 1.807) is 20.0 Å². The van der Waals surface area contributed by atoms with Gasteiger partial charge in [-0.05, 0) is 13.8 Å². The highest BCUT2D eigenvalue weighted by atomic mass is 16.5. The van der Waals surface area contributed by atoms with Crippen LogP contribution in [-0.2, 0) is 10.3 Å². The molecule has 0 saturated carbocycles. The van der Waals surface area contributed by atoms with E-state index in [-0.39, 0.29) is 0 Å². The van der Waals surface area contributed by atoms with E-state index in [0.29, 0.717) is 18.9 Å². The van der Waals surface area contributed by atoms with E-state index < -0.39 is 11.5 Å². The van der Waals surface area contributed by atoms with Gasteiger partial charge in [0.05, 0.1) is 12.4 Å². The zero-order chi connectivity index (χ0) is 11.5. The molecule has 15 heavy (non-hydrogen) atoms. The van der Waals surface area contributed by atoms with Gasteiger partial charge in [-0.25, -0.2) is 4.79 Å². The summed E-state index contributed by atoms with van der Waals surface area (Å²) in [6.45, 7) is 3.93. The Morgan fingerprint density at radius 3 is 2.93 bits per heavy atom. The van der Waals surface area contributed by atoms with Crippen molar-refractivity contribution in [2.75, 3.05) is 13.2 Å². The van der Waals surface area contributed by atoms with Gasteiger partial charge in [0.15, 0.2) is 11.3 Å². The Bertz CT molecular complexity index is 346. The molecule has 0 spiro atoms. The van der Waals surface area contributed by atoms with Gasteiger partial charge >= 0.3 is 5.97 Å². The van der Waals surface area contributed by atoms with Gasteiger partial charge in [-0.3, -0.25) is 4.68 Å². The molecule has 6 nitrogen and oxygen atoms in total. The van der Waals surface area contributed by atoms with Crippen LogP contribution >= 0.6 is 0 Å². The summed E-state index contributed by atoms with van der Waals surface area (Å²) in [5, 5.41) is 12.9. The highest BCUT2D eigenvalue weighted by molar-refractivity contribution is 5.75. The average Bonchev–Trinajstić information content (AvgIpc) is 2.63. The molecule has 0 atom stereocenters. The monoisotopic (exact) mass is 213 g/mol. The molecule has 0 unspecified atom stereocenters. The maximum Gasteiger partial charge on any atom is 0.331 e. The van der Waals surface area contributed by atoms with Crippen molar-refractivity contribution in [3.05, 3.63) is 12.4 Å². The van der Waals surface area contributed by atoms with Crippen molar-refractivity contribution in [3.8, 4) is 5.75 Å². The Morgan fingerprint density at radius 2 is 2.40 bits per heavy atom. The lowest BCUT2D eigenvalue weighted by Crippen LogP contribution is -2.35. The Kier molecular flexibility index (Phi) is 3.31. The van der Waals surface area contributed by atoms with Crippen molar-refractivity contribution in [2.45, 2.75) is 19.4 Å². The van der Waals surface area contributed by atoms with Crippen LogP contribution in [0.3, 0.4) is 0 Å². The smallest absolute Gasteiger partial charge is 0.331 e. The molecule has 1 heterocycles. The van der Waals surface area contributed by atoms with E-state index >= 15 is 0 Å². The summed E-state index contributed by atoms with van der Waals surface area (Å²) in [5.41, 5.74) is 4.19.